The Bertz CT molecular complexity index is 349. The van der Waals surface area contributed by atoms with Gasteiger partial charge in [0.05, 0.1) is 10.3 Å². The van der Waals surface area contributed by atoms with Crippen molar-refractivity contribution in [3.63, 3.8) is 0 Å². The second-order valence-corrected chi connectivity index (χ2v) is 5.82. The largest absolute Gasteiger partial charge is 0.350 e. The van der Waals surface area contributed by atoms with Crippen LogP contribution >= 0.6 is 22.9 Å². The van der Waals surface area contributed by atoms with Crippen molar-refractivity contribution in [3.8, 4) is 0 Å². The van der Waals surface area contributed by atoms with Crippen molar-refractivity contribution in [2.75, 3.05) is 6.54 Å². The number of aryl methyl sites for hydroxylation is 1. The quantitative estimate of drug-likeness (QED) is 0.808. The van der Waals surface area contributed by atoms with Gasteiger partial charge in [0.2, 0.25) is 0 Å². The molecule has 1 amide bonds. The molecule has 1 rings (SSSR count). The first-order valence-corrected chi connectivity index (χ1v) is 6.80. The zero-order valence-electron chi connectivity index (χ0n) is 9.92. The first kappa shape index (κ1) is 13.5. The summed E-state index contributed by atoms with van der Waals surface area (Å²) in [5.74, 6) is 0.354. The number of halogens is 1. The monoisotopic (exact) mass is 259 g/mol. The first-order chi connectivity index (χ1) is 7.54. The number of hydrogen-bond donors (Lipinski definition) is 1. The summed E-state index contributed by atoms with van der Waals surface area (Å²) in [7, 11) is 0. The minimum Gasteiger partial charge on any atom is -0.350 e. The molecule has 0 aliphatic carbocycles. The molecule has 4 heteroatoms. The first-order valence-electron chi connectivity index (χ1n) is 5.55. The molecule has 1 aromatic heterocycles. The molecule has 1 atom stereocenters. The molecule has 0 aromatic carbocycles. The van der Waals surface area contributed by atoms with Crippen molar-refractivity contribution >= 4 is 28.8 Å². The Kier molecular flexibility index (Phi) is 5.29. The van der Waals surface area contributed by atoms with E-state index >= 15 is 0 Å². The van der Waals surface area contributed by atoms with Crippen molar-refractivity contribution in [1.82, 2.24) is 5.32 Å². The van der Waals surface area contributed by atoms with Gasteiger partial charge in [-0.15, -0.1) is 22.9 Å². The number of alkyl halides is 1. The average molecular weight is 260 g/mol. The summed E-state index contributed by atoms with van der Waals surface area (Å²) in [6.45, 7) is 6.70. The molecule has 1 aromatic rings. The molecular formula is C12H18ClNOS. The molecule has 2 nitrogen and oxygen atoms in total. The lowest BCUT2D eigenvalue weighted by Crippen LogP contribution is -2.31. The van der Waals surface area contributed by atoms with Gasteiger partial charge in [0.1, 0.15) is 0 Å². The van der Waals surface area contributed by atoms with Gasteiger partial charge in [-0.25, -0.2) is 0 Å². The highest BCUT2D eigenvalue weighted by Gasteiger charge is 2.13. The van der Waals surface area contributed by atoms with Gasteiger partial charge >= 0.3 is 0 Å². The van der Waals surface area contributed by atoms with Gasteiger partial charge in [-0.1, -0.05) is 20.8 Å². The Balaban J connectivity index is 2.46. The van der Waals surface area contributed by atoms with Crippen molar-refractivity contribution in [2.45, 2.75) is 32.6 Å². The normalized spacial score (nSPS) is 12.8. The van der Waals surface area contributed by atoms with Crippen LogP contribution < -0.4 is 5.32 Å². The minimum absolute atomic E-state index is 0.00504. The van der Waals surface area contributed by atoms with Crippen LogP contribution in [0.4, 0.5) is 0 Å². The Morgan fingerprint density at radius 1 is 1.50 bits per heavy atom. The van der Waals surface area contributed by atoms with Crippen LogP contribution in [0, 0.1) is 5.92 Å². The van der Waals surface area contributed by atoms with Gasteiger partial charge in [0.15, 0.2) is 0 Å². The molecule has 0 aliphatic rings. The number of carbonyl (C=O) groups is 1. The molecule has 0 radical (unpaired) electrons. The zero-order valence-corrected chi connectivity index (χ0v) is 11.5. The number of hydrogen-bond acceptors (Lipinski definition) is 2. The molecule has 1 N–H and O–H groups in total. The second-order valence-electron chi connectivity index (χ2n) is 4.09. The fourth-order valence-corrected chi connectivity index (χ4v) is 2.14. The SMILES string of the molecule is CCc1ccc(C(=O)NCC(Cl)C(C)C)s1. The molecule has 0 fully saturated rings. The highest BCUT2D eigenvalue weighted by Crippen LogP contribution is 2.17. The van der Waals surface area contributed by atoms with E-state index in [0.717, 1.165) is 11.3 Å². The van der Waals surface area contributed by atoms with Crippen molar-refractivity contribution in [2.24, 2.45) is 5.92 Å². The summed E-state index contributed by atoms with van der Waals surface area (Å²) in [4.78, 5) is 13.7. The van der Waals surface area contributed by atoms with E-state index < -0.39 is 0 Å². The molecule has 0 saturated heterocycles. The number of nitrogens with one attached hydrogen (secondary N) is 1. The molecule has 0 saturated carbocycles. The molecule has 16 heavy (non-hydrogen) atoms. The summed E-state index contributed by atoms with van der Waals surface area (Å²) in [5.41, 5.74) is 0. The van der Waals surface area contributed by atoms with Crippen LogP contribution in [0.15, 0.2) is 12.1 Å². The van der Waals surface area contributed by atoms with Crippen LogP contribution in [0.5, 0.6) is 0 Å². The fourth-order valence-electron chi connectivity index (χ4n) is 1.20. The number of amides is 1. The third kappa shape index (κ3) is 3.80. The van der Waals surface area contributed by atoms with E-state index in [9.17, 15) is 4.79 Å². The standard InChI is InChI=1S/C12H18ClNOS/c1-4-9-5-6-11(16-9)12(15)14-7-10(13)8(2)3/h5-6,8,10H,4,7H2,1-3H3,(H,14,15). The van der Waals surface area contributed by atoms with E-state index in [1.807, 2.05) is 26.0 Å². The van der Waals surface area contributed by atoms with Crippen molar-refractivity contribution < 1.29 is 4.79 Å². The van der Waals surface area contributed by atoms with E-state index in [-0.39, 0.29) is 11.3 Å². The lowest BCUT2D eigenvalue weighted by atomic mass is 10.1. The molecule has 0 bridgehead atoms. The van der Waals surface area contributed by atoms with Crippen molar-refractivity contribution in [3.05, 3.63) is 21.9 Å². The topological polar surface area (TPSA) is 29.1 Å². The predicted octanol–water partition coefficient (Wildman–Crippen LogP) is 3.30. The smallest absolute Gasteiger partial charge is 0.261 e. The van der Waals surface area contributed by atoms with Crippen molar-refractivity contribution in [1.29, 1.82) is 0 Å². The second kappa shape index (κ2) is 6.26. The van der Waals surface area contributed by atoms with Crippen LogP contribution in [-0.2, 0) is 6.42 Å². The molecule has 1 heterocycles. The van der Waals surface area contributed by atoms with Gasteiger partial charge in [0, 0.05) is 11.4 Å². The van der Waals surface area contributed by atoms with E-state index in [1.54, 1.807) is 11.3 Å². The summed E-state index contributed by atoms with van der Waals surface area (Å²) in [6.07, 6.45) is 0.974. The van der Waals surface area contributed by atoms with E-state index in [1.165, 1.54) is 4.88 Å². The van der Waals surface area contributed by atoms with Crippen LogP contribution in [0.25, 0.3) is 0 Å². The summed E-state index contributed by atoms with van der Waals surface area (Å²) in [6, 6.07) is 3.87. The summed E-state index contributed by atoms with van der Waals surface area (Å²) < 4.78 is 0. The van der Waals surface area contributed by atoms with Crippen LogP contribution in [0.1, 0.15) is 35.3 Å². The highest BCUT2D eigenvalue weighted by molar-refractivity contribution is 7.14. The van der Waals surface area contributed by atoms with Crippen LogP contribution in [0.3, 0.4) is 0 Å². The molecule has 1 unspecified atom stereocenters. The van der Waals surface area contributed by atoms with E-state index in [2.05, 4.69) is 12.2 Å². The molecule has 0 aliphatic heterocycles. The predicted molar refractivity (Wildman–Crippen MR) is 70.5 cm³/mol. The zero-order chi connectivity index (χ0) is 12.1. The van der Waals surface area contributed by atoms with Gasteiger partial charge in [-0.3, -0.25) is 4.79 Å². The minimum atomic E-state index is -0.0176. The third-order valence-corrected chi connectivity index (χ3v) is 4.30. The number of thiophene rings is 1. The molecule has 0 spiro atoms. The van der Waals surface area contributed by atoms with Gasteiger partial charge in [-0.05, 0) is 24.5 Å². The van der Waals surface area contributed by atoms with Crippen LogP contribution in [-0.4, -0.2) is 17.8 Å². The van der Waals surface area contributed by atoms with Gasteiger partial charge in [0.25, 0.3) is 5.91 Å². The maximum absolute atomic E-state index is 11.7. The van der Waals surface area contributed by atoms with Gasteiger partial charge in [-0.2, -0.15) is 0 Å². The molecule has 90 valence electrons. The maximum atomic E-state index is 11.7. The van der Waals surface area contributed by atoms with E-state index in [4.69, 9.17) is 11.6 Å². The summed E-state index contributed by atoms with van der Waals surface area (Å²) >= 11 is 7.61. The highest BCUT2D eigenvalue weighted by atomic mass is 35.5. The Morgan fingerprint density at radius 3 is 2.69 bits per heavy atom. The third-order valence-electron chi connectivity index (χ3n) is 2.41. The van der Waals surface area contributed by atoms with Crippen LogP contribution in [0.2, 0.25) is 0 Å². The maximum Gasteiger partial charge on any atom is 0.261 e. The number of rotatable bonds is 5. The fraction of sp³-hybridized carbons (Fsp3) is 0.583. The lowest BCUT2D eigenvalue weighted by molar-refractivity contribution is 0.0956. The van der Waals surface area contributed by atoms with E-state index in [0.29, 0.717) is 12.5 Å². The molecular weight excluding hydrogens is 242 g/mol. The average Bonchev–Trinajstić information content (AvgIpc) is 2.73. The Labute approximate surface area is 106 Å². The summed E-state index contributed by atoms with van der Waals surface area (Å²) in [5, 5.41) is 2.85. The van der Waals surface area contributed by atoms with Gasteiger partial charge < -0.3 is 5.32 Å². The number of carbonyl (C=O) groups excluding carboxylic acids is 1. The lowest BCUT2D eigenvalue weighted by Gasteiger charge is -2.13. The Hall–Kier alpha value is -0.540. The Morgan fingerprint density at radius 2 is 2.19 bits per heavy atom.